The molecule has 0 heterocycles. The maximum atomic E-state index is 12.0. The molecule has 1 aromatic rings. The lowest BCUT2D eigenvalue weighted by Crippen LogP contribution is -2.11. The predicted molar refractivity (Wildman–Crippen MR) is 78.2 cm³/mol. The van der Waals surface area contributed by atoms with Gasteiger partial charge >= 0.3 is 12.1 Å². The van der Waals surface area contributed by atoms with Crippen LogP contribution in [0.15, 0.2) is 23.1 Å². The molecule has 3 nitrogen and oxygen atoms in total. The van der Waals surface area contributed by atoms with E-state index in [2.05, 4.69) is 5.32 Å². The summed E-state index contributed by atoms with van der Waals surface area (Å²) >= 11 is 1.42. The molecule has 0 unspecified atom stereocenters. The number of rotatable bonds is 8. The van der Waals surface area contributed by atoms with Crippen LogP contribution in [0, 0.1) is 0 Å². The average molecular weight is 321 g/mol. The minimum absolute atomic E-state index is 0.0301. The number of hydrogen-bond acceptors (Lipinski definition) is 3. The lowest BCUT2D eigenvalue weighted by Gasteiger charge is -2.13. The molecule has 0 bridgehead atoms. The molecule has 0 aliphatic rings. The number of thioether (sulfide) groups is 1. The molecule has 7 heteroatoms. The summed E-state index contributed by atoms with van der Waals surface area (Å²) in [5.41, 5.74) is 0.633. The molecule has 0 atom stereocenters. The van der Waals surface area contributed by atoms with Gasteiger partial charge in [-0.3, -0.25) is 0 Å². The molecule has 0 aromatic heterocycles. The van der Waals surface area contributed by atoms with Crippen LogP contribution in [0.3, 0.4) is 0 Å². The molecule has 118 valence electrons. The van der Waals surface area contributed by atoms with Crippen molar-refractivity contribution in [2.24, 2.45) is 0 Å². The zero-order chi connectivity index (χ0) is 15.9. The summed E-state index contributed by atoms with van der Waals surface area (Å²) < 4.78 is 36.0. The number of anilines is 1. The highest BCUT2D eigenvalue weighted by Crippen LogP contribution is 2.29. The first kappa shape index (κ1) is 17.7. The van der Waals surface area contributed by atoms with Gasteiger partial charge in [-0.15, -0.1) is 11.8 Å². The molecule has 2 N–H and O–H groups in total. The molecule has 0 aliphatic heterocycles. The third kappa shape index (κ3) is 6.29. The van der Waals surface area contributed by atoms with Gasteiger partial charge < -0.3 is 10.4 Å². The quantitative estimate of drug-likeness (QED) is 0.541. The Morgan fingerprint density at radius 2 is 2.05 bits per heavy atom. The van der Waals surface area contributed by atoms with Gasteiger partial charge in [0, 0.05) is 23.5 Å². The highest BCUT2D eigenvalue weighted by molar-refractivity contribution is 7.99. The number of hydrogen-bond donors (Lipinski definition) is 2. The lowest BCUT2D eigenvalue weighted by atomic mass is 10.1. The summed E-state index contributed by atoms with van der Waals surface area (Å²) in [7, 11) is 0. The summed E-state index contributed by atoms with van der Waals surface area (Å²) in [6.07, 6.45) is -4.58. The molecule has 1 aromatic carbocycles. The van der Waals surface area contributed by atoms with Crippen molar-refractivity contribution in [2.75, 3.05) is 17.6 Å². The van der Waals surface area contributed by atoms with Gasteiger partial charge in [0.05, 0.1) is 5.56 Å². The van der Waals surface area contributed by atoms with Crippen molar-refractivity contribution in [2.45, 2.75) is 37.3 Å². The number of halogens is 3. The average Bonchev–Trinajstić information content (AvgIpc) is 2.37. The van der Waals surface area contributed by atoms with Crippen LogP contribution in [-0.2, 0) is 0 Å². The van der Waals surface area contributed by atoms with Crippen LogP contribution in [0.1, 0.15) is 36.5 Å². The van der Waals surface area contributed by atoms with Crippen molar-refractivity contribution >= 4 is 23.4 Å². The third-order valence-electron chi connectivity index (χ3n) is 2.74. The van der Waals surface area contributed by atoms with Crippen LogP contribution in [0.2, 0.25) is 0 Å². The van der Waals surface area contributed by atoms with Crippen molar-refractivity contribution in [3.63, 3.8) is 0 Å². The Morgan fingerprint density at radius 3 is 2.62 bits per heavy atom. The number of alkyl halides is 3. The van der Waals surface area contributed by atoms with E-state index in [1.165, 1.54) is 11.8 Å². The van der Waals surface area contributed by atoms with Crippen LogP contribution < -0.4 is 5.32 Å². The normalized spacial score (nSPS) is 11.4. The minimum Gasteiger partial charge on any atom is -0.478 e. The Balaban J connectivity index is 2.62. The fourth-order valence-corrected chi connectivity index (χ4v) is 2.68. The van der Waals surface area contributed by atoms with E-state index in [4.69, 9.17) is 0 Å². The Hall–Kier alpha value is -1.37. The van der Waals surface area contributed by atoms with Crippen molar-refractivity contribution in [1.29, 1.82) is 0 Å². The predicted octanol–water partition coefficient (Wildman–Crippen LogP) is 4.64. The van der Waals surface area contributed by atoms with E-state index in [9.17, 15) is 23.1 Å². The van der Waals surface area contributed by atoms with Crippen LogP contribution >= 0.6 is 11.8 Å². The second kappa shape index (κ2) is 8.17. The second-order valence-electron chi connectivity index (χ2n) is 4.42. The van der Waals surface area contributed by atoms with Crippen LogP contribution in [0.25, 0.3) is 0 Å². The third-order valence-corrected chi connectivity index (χ3v) is 3.68. The molecule has 1 rings (SSSR count). The second-order valence-corrected chi connectivity index (χ2v) is 5.72. The Kier molecular flexibility index (Phi) is 6.87. The Bertz CT molecular complexity index is 478. The van der Waals surface area contributed by atoms with Crippen molar-refractivity contribution in [1.82, 2.24) is 0 Å². The molecule has 0 saturated carbocycles. The van der Waals surface area contributed by atoms with E-state index in [1.807, 2.05) is 6.92 Å². The minimum atomic E-state index is -4.14. The van der Waals surface area contributed by atoms with Crippen molar-refractivity contribution in [3.05, 3.63) is 23.8 Å². The number of carboxylic acids is 1. The maximum Gasteiger partial charge on any atom is 0.389 e. The number of aromatic carboxylic acids is 1. The summed E-state index contributed by atoms with van der Waals surface area (Å²) in [5.74, 6) is -0.292. The molecule has 0 radical (unpaired) electrons. The summed E-state index contributed by atoms with van der Waals surface area (Å²) in [4.78, 5) is 12.0. The largest absolute Gasteiger partial charge is 0.478 e. The smallest absolute Gasteiger partial charge is 0.389 e. The van der Waals surface area contributed by atoms with E-state index in [0.717, 1.165) is 5.75 Å². The molecular formula is C14H18F3NO2S. The maximum absolute atomic E-state index is 12.0. The van der Waals surface area contributed by atoms with Crippen LogP contribution in [0.4, 0.5) is 18.9 Å². The highest BCUT2D eigenvalue weighted by atomic mass is 32.2. The number of unbranched alkanes of at least 4 members (excludes halogenated alkanes) is 1. The van der Waals surface area contributed by atoms with Crippen LogP contribution in [-0.4, -0.2) is 29.5 Å². The van der Waals surface area contributed by atoms with E-state index in [-0.39, 0.29) is 12.0 Å². The number of benzene rings is 1. The monoisotopic (exact) mass is 321 g/mol. The fraction of sp³-hybridized carbons (Fsp3) is 0.500. The first-order chi connectivity index (χ1) is 9.85. The number of carboxylic acid groups (broad SMARTS) is 1. The van der Waals surface area contributed by atoms with Gasteiger partial charge in [0.25, 0.3) is 0 Å². The number of nitrogens with one attached hydrogen (secondary N) is 1. The number of carbonyl (C=O) groups is 1. The Labute approximate surface area is 125 Å². The van der Waals surface area contributed by atoms with Crippen LogP contribution in [0.5, 0.6) is 0 Å². The van der Waals surface area contributed by atoms with Gasteiger partial charge in [0.15, 0.2) is 0 Å². The van der Waals surface area contributed by atoms with Gasteiger partial charge in [0.1, 0.15) is 0 Å². The lowest BCUT2D eigenvalue weighted by molar-refractivity contribution is -0.135. The van der Waals surface area contributed by atoms with Gasteiger partial charge in [0.2, 0.25) is 0 Å². The van der Waals surface area contributed by atoms with Gasteiger partial charge in [-0.05, 0) is 30.7 Å². The topological polar surface area (TPSA) is 49.3 Å². The van der Waals surface area contributed by atoms with Crippen molar-refractivity contribution < 1.29 is 23.1 Å². The SMILES string of the molecule is CCSc1cccc(NCCCCC(F)(F)F)c1C(=O)O. The molecule has 0 spiro atoms. The molecular weight excluding hydrogens is 303 g/mol. The summed E-state index contributed by atoms with van der Waals surface area (Å²) in [6.45, 7) is 2.24. The van der Waals surface area contributed by atoms with E-state index in [1.54, 1.807) is 18.2 Å². The van der Waals surface area contributed by atoms with E-state index >= 15 is 0 Å². The zero-order valence-corrected chi connectivity index (χ0v) is 12.5. The summed E-state index contributed by atoms with van der Waals surface area (Å²) in [5, 5.41) is 12.2. The fourth-order valence-electron chi connectivity index (χ4n) is 1.85. The molecule has 0 saturated heterocycles. The zero-order valence-electron chi connectivity index (χ0n) is 11.7. The van der Waals surface area contributed by atoms with E-state index < -0.39 is 18.6 Å². The Morgan fingerprint density at radius 1 is 1.33 bits per heavy atom. The molecule has 0 fully saturated rings. The first-order valence-corrected chi connectivity index (χ1v) is 7.63. The standard InChI is InChI=1S/C14H18F3NO2S/c1-2-21-11-7-5-6-10(12(11)13(19)20)18-9-4-3-8-14(15,16)17/h5-7,18H,2-4,8-9H2,1H3,(H,19,20). The van der Waals surface area contributed by atoms with Crippen molar-refractivity contribution in [3.8, 4) is 0 Å². The molecule has 0 aliphatic carbocycles. The highest BCUT2D eigenvalue weighted by Gasteiger charge is 2.25. The van der Waals surface area contributed by atoms with E-state index in [0.29, 0.717) is 23.5 Å². The molecule has 0 amide bonds. The van der Waals surface area contributed by atoms with Gasteiger partial charge in [-0.1, -0.05) is 13.0 Å². The first-order valence-electron chi connectivity index (χ1n) is 6.65. The van der Waals surface area contributed by atoms with Gasteiger partial charge in [-0.2, -0.15) is 13.2 Å². The van der Waals surface area contributed by atoms with Gasteiger partial charge in [-0.25, -0.2) is 4.79 Å². The summed E-state index contributed by atoms with van der Waals surface area (Å²) in [6, 6.07) is 5.10. The molecule has 21 heavy (non-hydrogen) atoms.